The van der Waals surface area contributed by atoms with Gasteiger partial charge in [0.25, 0.3) is 0 Å². The first-order chi connectivity index (χ1) is 11.1. The molecule has 1 unspecified atom stereocenters. The number of likely N-dealkylation sites (tertiary alicyclic amines) is 1. The lowest BCUT2D eigenvalue weighted by Gasteiger charge is -2.23. The van der Waals surface area contributed by atoms with Crippen molar-refractivity contribution < 1.29 is 9.32 Å². The second kappa shape index (κ2) is 6.91. The predicted molar refractivity (Wildman–Crippen MR) is 82.3 cm³/mol. The van der Waals surface area contributed by atoms with Crippen LogP contribution in [0.3, 0.4) is 0 Å². The molecule has 1 aliphatic heterocycles. The van der Waals surface area contributed by atoms with Crippen LogP contribution in [-0.4, -0.2) is 43.7 Å². The van der Waals surface area contributed by atoms with E-state index in [2.05, 4.69) is 25.7 Å². The molecule has 0 radical (unpaired) electrons. The second-order valence-corrected chi connectivity index (χ2v) is 5.94. The number of H-pyrrole nitrogens is 1. The van der Waals surface area contributed by atoms with E-state index in [1.807, 2.05) is 6.92 Å². The number of aromatic amines is 1. The number of carbonyl (C=O) groups excluding carboxylic acids is 1. The third kappa shape index (κ3) is 3.76. The molecule has 0 aromatic carbocycles. The van der Waals surface area contributed by atoms with Gasteiger partial charge in [-0.05, 0) is 33.1 Å². The lowest BCUT2D eigenvalue weighted by molar-refractivity contribution is -0.133. The fraction of sp³-hybridized carbons (Fsp3) is 0.600. The minimum atomic E-state index is -0.184. The van der Waals surface area contributed by atoms with Gasteiger partial charge in [0, 0.05) is 24.3 Å². The Morgan fingerprint density at radius 1 is 1.43 bits per heavy atom. The van der Waals surface area contributed by atoms with Crippen molar-refractivity contribution in [3.63, 3.8) is 0 Å². The Kier molecular flexibility index (Phi) is 4.71. The Morgan fingerprint density at radius 2 is 2.30 bits per heavy atom. The summed E-state index contributed by atoms with van der Waals surface area (Å²) in [6.45, 7) is 5.48. The maximum atomic E-state index is 12.8. The highest BCUT2D eigenvalue weighted by Gasteiger charge is 2.27. The number of aromatic nitrogens is 4. The molecule has 3 heterocycles. The summed E-state index contributed by atoms with van der Waals surface area (Å²) in [6, 6.07) is -0.184. The number of amides is 1. The van der Waals surface area contributed by atoms with Gasteiger partial charge in [-0.1, -0.05) is 5.16 Å². The van der Waals surface area contributed by atoms with Gasteiger partial charge < -0.3 is 14.7 Å². The summed E-state index contributed by atoms with van der Waals surface area (Å²) in [6.07, 6.45) is 4.65. The Hall–Kier alpha value is -2.22. The molecule has 0 bridgehead atoms. The van der Waals surface area contributed by atoms with E-state index >= 15 is 0 Å². The zero-order valence-corrected chi connectivity index (χ0v) is 13.5. The van der Waals surface area contributed by atoms with Crippen LogP contribution in [0.15, 0.2) is 10.7 Å². The third-order valence-corrected chi connectivity index (χ3v) is 4.15. The van der Waals surface area contributed by atoms with Crippen molar-refractivity contribution in [1.82, 2.24) is 30.6 Å². The van der Waals surface area contributed by atoms with Crippen molar-refractivity contribution in [2.45, 2.75) is 52.2 Å². The van der Waals surface area contributed by atoms with Gasteiger partial charge in [-0.15, -0.1) is 0 Å². The van der Waals surface area contributed by atoms with Gasteiger partial charge in [0.15, 0.2) is 5.82 Å². The molecule has 124 valence electrons. The fourth-order valence-corrected chi connectivity index (χ4v) is 2.81. The molecule has 2 aromatic heterocycles. The molecule has 0 saturated carbocycles. The largest absolute Gasteiger partial charge is 0.337 e. The van der Waals surface area contributed by atoms with Crippen LogP contribution in [0.2, 0.25) is 0 Å². The van der Waals surface area contributed by atoms with Gasteiger partial charge in [0.2, 0.25) is 11.8 Å². The predicted octanol–water partition coefficient (Wildman–Crippen LogP) is 1.08. The molecule has 1 fully saturated rings. The molecule has 23 heavy (non-hydrogen) atoms. The smallest absolute Gasteiger partial charge is 0.246 e. The lowest BCUT2D eigenvalue weighted by atomic mass is 10.1. The fourth-order valence-electron chi connectivity index (χ4n) is 2.81. The molecule has 8 heteroatoms. The Morgan fingerprint density at radius 3 is 3.00 bits per heavy atom. The number of hydrogen-bond acceptors (Lipinski definition) is 6. The van der Waals surface area contributed by atoms with Crippen LogP contribution in [0.1, 0.15) is 42.2 Å². The summed E-state index contributed by atoms with van der Waals surface area (Å²) >= 11 is 0. The Labute approximate surface area is 134 Å². The topological polar surface area (TPSA) is 99.9 Å². The van der Waals surface area contributed by atoms with Crippen molar-refractivity contribution in [2.75, 3.05) is 6.54 Å². The van der Waals surface area contributed by atoms with E-state index in [0.29, 0.717) is 24.8 Å². The highest BCUT2D eigenvalue weighted by Crippen LogP contribution is 2.15. The molecule has 1 aliphatic rings. The Balaban J connectivity index is 1.63. The van der Waals surface area contributed by atoms with Gasteiger partial charge in [-0.2, -0.15) is 10.1 Å². The Bertz CT molecular complexity index is 664. The molecule has 0 aliphatic carbocycles. The van der Waals surface area contributed by atoms with Crippen LogP contribution in [0.25, 0.3) is 0 Å². The van der Waals surface area contributed by atoms with Gasteiger partial charge in [-0.25, -0.2) is 0 Å². The molecule has 2 N–H and O–H groups in total. The molecule has 1 amide bonds. The van der Waals surface area contributed by atoms with E-state index in [0.717, 1.165) is 37.1 Å². The van der Waals surface area contributed by atoms with Gasteiger partial charge in [0.05, 0.1) is 12.2 Å². The van der Waals surface area contributed by atoms with E-state index in [9.17, 15) is 4.79 Å². The first-order valence-corrected chi connectivity index (χ1v) is 7.93. The average Bonchev–Trinajstić information content (AvgIpc) is 3.08. The van der Waals surface area contributed by atoms with Crippen LogP contribution in [0.5, 0.6) is 0 Å². The zero-order chi connectivity index (χ0) is 16.2. The van der Waals surface area contributed by atoms with E-state index in [1.54, 1.807) is 18.0 Å². The number of rotatable bonds is 5. The third-order valence-electron chi connectivity index (χ3n) is 4.15. The number of hydrogen-bond donors (Lipinski definition) is 2. The van der Waals surface area contributed by atoms with E-state index in [4.69, 9.17) is 4.52 Å². The van der Waals surface area contributed by atoms with Crippen LogP contribution in [0.4, 0.5) is 0 Å². The van der Waals surface area contributed by atoms with Crippen LogP contribution in [-0.2, 0) is 17.9 Å². The minimum Gasteiger partial charge on any atom is -0.337 e. The highest BCUT2D eigenvalue weighted by atomic mass is 16.5. The highest BCUT2D eigenvalue weighted by molar-refractivity contribution is 5.82. The van der Waals surface area contributed by atoms with Crippen LogP contribution >= 0.6 is 0 Å². The summed E-state index contributed by atoms with van der Waals surface area (Å²) in [7, 11) is 0. The number of nitrogens with zero attached hydrogens (tertiary/aromatic N) is 4. The summed E-state index contributed by atoms with van der Waals surface area (Å²) in [5.74, 6) is 1.18. The lowest BCUT2D eigenvalue weighted by Crippen LogP contribution is -2.44. The van der Waals surface area contributed by atoms with Crippen molar-refractivity contribution in [2.24, 2.45) is 0 Å². The second-order valence-electron chi connectivity index (χ2n) is 5.94. The van der Waals surface area contributed by atoms with Gasteiger partial charge in [-0.3, -0.25) is 9.89 Å². The summed E-state index contributed by atoms with van der Waals surface area (Å²) in [5.41, 5.74) is 2.11. The van der Waals surface area contributed by atoms with Crippen LogP contribution < -0.4 is 5.32 Å². The molecular weight excluding hydrogens is 296 g/mol. The van der Waals surface area contributed by atoms with E-state index in [1.165, 1.54) is 0 Å². The molecule has 3 rings (SSSR count). The number of nitrogens with one attached hydrogen (secondary N) is 2. The van der Waals surface area contributed by atoms with E-state index < -0.39 is 0 Å². The zero-order valence-electron chi connectivity index (χ0n) is 13.5. The summed E-state index contributed by atoms with van der Waals surface area (Å²) in [4.78, 5) is 18.7. The normalized spacial score (nSPS) is 19.1. The number of carbonyl (C=O) groups is 1. The molecule has 1 atom stereocenters. The van der Waals surface area contributed by atoms with Crippen molar-refractivity contribution in [1.29, 1.82) is 0 Å². The monoisotopic (exact) mass is 318 g/mol. The van der Waals surface area contributed by atoms with Crippen molar-refractivity contribution in [3.05, 3.63) is 29.2 Å². The molecule has 8 nitrogen and oxygen atoms in total. The molecular formula is C15H22N6O2. The average molecular weight is 318 g/mol. The number of aryl methyl sites for hydroxylation is 2. The van der Waals surface area contributed by atoms with Crippen molar-refractivity contribution in [3.8, 4) is 0 Å². The SMILES string of the molecule is Cc1noc(CN2CCCCC(NCc3cn[nH]c3C)C2=O)n1. The first kappa shape index (κ1) is 15.7. The quantitative estimate of drug-likeness (QED) is 0.855. The van der Waals surface area contributed by atoms with Crippen molar-refractivity contribution >= 4 is 5.91 Å². The first-order valence-electron chi connectivity index (χ1n) is 7.93. The van der Waals surface area contributed by atoms with Gasteiger partial charge in [0.1, 0.15) is 6.54 Å². The maximum absolute atomic E-state index is 12.8. The standard InChI is InChI=1S/C15H22N6O2/c1-10-12(8-17-19-10)7-16-13-5-3-4-6-21(15(13)22)9-14-18-11(2)20-23-14/h8,13,16H,3-7,9H2,1-2H3,(H,17,19). The molecule has 0 spiro atoms. The van der Waals surface area contributed by atoms with Gasteiger partial charge >= 0.3 is 0 Å². The maximum Gasteiger partial charge on any atom is 0.246 e. The summed E-state index contributed by atoms with van der Waals surface area (Å²) in [5, 5.41) is 14.1. The molecule has 1 saturated heterocycles. The van der Waals surface area contributed by atoms with Crippen LogP contribution in [0, 0.1) is 13.8 Å². The minimum absolute atomic E-state index is 0.0968. The summed E-state index contributed by atoms with van der Waals surface area (Å²) < 4.78 is 5.14. The molecule has 2 aromatic rings. The van der Waals surface area contributed by atoms with E-state index in [-0.39, 0.29) is 11.9 Å².